The molecule has 0 fully saturated rings. The largest absolute Gasteiger partial charge is 0.497 e. The van der Waals surface area contributed by atoms with Gasteiger partial charge in [-0.2, -0.15) is 5.10 Å². The summed E-state index contributed by atoms with van der Waals surface area (Å²) < 4.78 is 34.1. The molecule has 0 radical (unpaired) electrons. The van der Waals surface area contributed by atoms with Gasteiger partial charge in [-0.3, -0.25) is 4.79 Å². The topological polar surface area (TPSA) is 56.2 Å². The summed E-state index contributed by atoms with van der Waals surface area (Å²) in [6, 6.07) is 21.2. The van der Waals surface area contributed by atoms with E-state index in [1.165, 1.54) is 30.3 Å². The lowest BCUT2D eigenvalue weighted by Gasteiger charge is -2.08. The molecule has 4 aromatic rings. The number of aryl methyl sites for hydroxylation is 1. The fourth-order valence-electron chi connectivity index (χ4n) is 3.36. The highest BCUT2D eigenvalue weighted by Gasteiger charge is 2.14. The van der Waals surface area contributed by atoms with Gasteiger partial charge in [0.15, 0.2) is 0 Å². The van der Waals surface area contributed by atoms with Gasteiger partial charge in [0, 0.05) is 24.1 Å². The molecule has 0 aliphatic carbocycles. The van der Waals surface area contributed by atoms with Crippen LogP contribution in [0.5, 0.6) is 5.75 Å². The van der Waals surface area contributed by atoms with Crippen LogP contribution in [0.15, 0.2) is 78.9 Å². The summed E-state index contributed by atoms with van der Waals surface area (Å²) in [7, 11) is 1.59. The lowest BCUT2D eigenvalue weighted by molar-refractivity contribution is -0.116. The number of anilines is 1. The molecular weight excluding hydrogens is 412 g/mol. The first-order valence-electron chi connectivity index (χ1n) is 10.1. The van der Waals surface area contributed by atoms with Crippen molar-refractivity contribution in [2.75, 3.05) is 12.4 Å². The average Bonchev–Trinajstić information content (AvgIpc) is 3.22. The zero-order valence-corrected chi connectivity index (χ0v) is 17.4. The molecule has 0 saturated heterocycles. The van der Waals surface area contributed by atoms with E-state index in [-0.39, 0.29) is 18.1 Å². The molecule has 1 N–H and O–H groups in total. The molecule has 1 heterocycles. The molecule has 0 bridgehead atoms. The molecule has 1 aromatic heterocycles. The third-order valence-electron chi connectivity index (χ3n) is 4.91. The lowest BCUT2D eigenvalue weighted by atomic mass is 10.1. The standard InChI is InChI=1S/C25H21F2N3O2/c1-32-23-11-9-22(10-12-23)30-24(17-4-2-5-18(26)14-17)16-21(29-30)8-13-25(31)28-20-7-3-6-19(27)15-20/h2-7,9-12,14-16H,8,13H2,1H3,(H,28,31). The number of halogens is 2. The van der Waals surface area contributed by atoms with Crippen LogP contribution in [-0.4, -0.2) is 22.8 Å². The fourth-order valence-corrected chi connectivity index (χ4v) is 3.36. The summed E-state index contributed by atoms with van der Waals surface area (Å²) in [6.45, 7) is 0. The van der Waals surface area contributed by atoms with Crippen molar-refractivity contribution in [3.8, 4) is 22.7 Å². The monoisotopic (exact) mass is 433 g/mol. The molecule has 4 rings (SSSR count). The van der Waals surface area contributed by atoms with Gasteiger partial charge in [0.2, 0.25) is 5.91 Å². The first-order chi connectivity index (χ1) is 15.5. The van der Waals surface area contributed by atoms with Crippen molar-refractivity contribution in [1.29, 1.82) is 0 Å². The van der Waals surface area contributed by atoms with Gasteiger partial charge in [-0.1, -0.05) is 18.2 Å². The fraction of sp³-hybridized carbons (Fsp3) is 0.120. The Morgan fingerprint density at radius 1 is 0.969 bits per heavy atom. The second-order valence-corrected chi connectivity index (χ2v) is 7.20. The molecule has 162 valence electrons. The Bertz CT molecular complexity index is 1240. The van der Waals surface area contributed by atoms with Gasteiger partial charge in [-0.25, -0.2) is 13.5 Å². The van der Waals surface area contributed by atoms with Crippen molar-refractivity contribution in [3.63, 3.8) is 0 Å². The second kappa shape index (κ2) is 9.43. The van der Waals surface area contributed by atoms with E-state index < -0.39 is 5.82 Å². The predicted molar refractivity (Wildman–Crippen MR) is 119 cm³/mol. The van der Waals surface area contributed by atoms with Gasteiger partial charge in [0.05, 0.1) is 24.2 Å². The molecule has 0 unspecified atom stereocenters. The maximum Gasteiger partial charge on any atom is 0.224 e. The number of carbonyl (C=O) groups excluding carboxylic acids is 1. The van der Waals surface area contributed by atoms with Gasteiger partial charge < -0.3 is 10.1 Å². The number of hydrogen-bond donors (Lipinski definition) is 1. The van der Waals surface area contributed by atoms with E-state index in [0.717, 1.165) is 5.69 Å². The van der Waals surface area contributed by atoms with Crippen molar-refractivity contribution >= 4 is 11.6 Å². The van der Waals surface area contributed by atoms with E-state index in [9.17, 15) is 13.6 Å². The van der Waals surface area contributed by atoms with Crippen molar-refractivity contribution in [1.82, 2.24) is 9.78 Å². The van der Waals surface area contributed by atoms with E-state index in [2.05, 4.69) is 10.4 Å². The van der Waals surface area contributed by atoms with E-state index in [1.54, 1.807) is 30.0 Å². The van der Waals surface area contributed by atoms with Gasteiger partial charge in [-0.05, 0) is 60.7 Å². The third-order valence-corrected chi connectivity index (χ3v) is 4.91. The molecule has 5 nitrogen and oxygen atoms in total. The summed E-state index contributed by atoms with van der Waals surface area (Å²) in [4.78, 5) is 12.3. The number of nitrogens with zero attached hydrogens (tertiary/aromatic N) is 2. The van der Waals surface area contributed by atoms with Crippen LogP contribution < -0.4 is 10.1 Å². The summed E-state index contributed by atoms with van der Waals surface area (Å²) in [5, 5.41) is 7.33. The molecule has 3 aromatic carbocycles. The van der Waals surface area contributed by atoms with Gasteiger partial charge in [0.1, 0.15) is 17.4 Å². The molecule has 0 atom stereocenters. The Labute approximate surface area is 184 Å². The zero-order valence-electron chi connectivity index (χ0n) is 17.4. The van der Waals surface area contributed by atoms with Crippen LogP contribution >= 0.6 is 0 Å². The van der Waals surface area contributed by atoms with E-state index in [4.69, 9.17) is 4.74 Å². The Kier molecular flexibility index (Phi) is 6.26. The minimum Gasteiger partial charge on any atom is -0.497 e. The molecular formula is C25H21F2N3O2. The van der Waals surface area contributed by atoms with Crippen molar-refractivity contribution in [2.45, 2.75) is 12.8 Å². The van der Waals surface area contributed by atoms with Crippen LogP contribution in [0.2, 0.25) is 0 Å². The molecule has 7 heteroatoms. The molecule has 0 aliphatic rings. The number of methoxy groups -OCH3 is 1. The molecule has 0 saturated carbocycles. The third kappa shape index (κ3) is 5.00. The van der Waals surface area contributed by atoms with Gasteiger partial charge in [-0.15, -0.1) is 0 Å². The minimum atomic E-state index is -0.416. The van der Waals surface area contributed by atoms with Crippen LogP contribution in [0.4, 0.5) is 14.5 Å². The predicted octanol–water partition coefficient (Wildman–Crippen LogP) is 5.40. The van der Waals surface area contributed by atoms with Crippen molar-refractivity contribution < 1.29 is 18.3 Å². The highest BCUT2D eigenvalue weighted by Crippen LogP contribution is 2.26. The number of hydrogen-bond acceptors (Lipinski definition) is 3. The zero-order chi connectivity index (χ0) is 22.5. The van der Waals surface area contributed by atoms with Crippen molar-refractivity contribution in [3.05, 3.63) is 96.2 Å². The summed E-state index contributed by atoms with van der Waals surface area (Å²) in [6.07, 6.45) is 0.533. The second-order valence-electron chi connectivity index (χ2n) is 7.20. The number of rotatable bonds is 7. The normalized spacial score (nSPS) is 10.7. The number of aromatic nitrogens is 2. The number of benzene rings is 3. The molecule has 0 spiro atoms. The van der Waals surface area contributed by atoms with Gasteiger partial charge in [0.25, 0.3) is 0 Å². The van der Waals surface area contributed by atoms with Crippen LogP contribution in [0.25, 0.3) is 16.9 Å². The highest BCUT2D eigenvalue weighted by atomic mass is 19.1. The minimum absolute atomic E-state index is 0.165. The Balaban J connectivity index is 1.57. The van der Waals surface area contributed by atoms with Crippen molar-refractivity contribution in [2.24, 2.45) is 0 Å². The first-order valence-corrected chi connectivity index (χ1v) is 10.1. The van der Waals surface area contributed by atoms with Crippen LogP contribution in [0, 0.1) is 11.6 Å². The highest BCUT2D eigenvalue weighted by molar-refractivity contribution is 5.90. The summed E-state index contributed by atoms with van der Waals surface area (Å²) in [5.74, 6) is -0.300. The van der Waals surface area contributed by atoms with Crippen LogP contribution in [0.3, 0.4) is 0 Å². The molecule has 1 amide bonds. The maximum absolute atomic E-state index is 13.9. The summed E-state index contributed by atoms with van der Waals surface area (Å²) >= 11 is 0. The summed E-state index contributed by atoms with van der Waals surface area (Å²) in [5.41, 5.74) is 3.23. The lowest BCUT2D eigenvalue weighted by Crippen LogP contribution is -2.12. The first kappa shape index (κ1) is 21.2. The molecule has 32 heavy (non-hydrogen) atoms. The van der Waals surface area contributed by atoms with E-state index in [1.807, 2.05) is 30.3 Å². The molecule has 0 aliphatic heterocycles. The van der Waals surface area contributed by atoms with E-state index in [0.29, 0.717) is 34.8 Å². The Morgan fingerprint density at radius 3 is 2.38 bits per heavy atom. The van der Waals surface area contributed by atoms with Gasteiger partial charge >= 0.3 is 0 Å². The SMILES string of the molecule is COc1ccc(-n2nc(CCC(=O)Nc3cccc(F)c3)cc2-c2cccc(F)c2)cc1. The van der Waals surface area contributed by atoms with E-state index >= 15 is 0 Å². The Hall–Kier alpha value is -4.00. The quantitative estimate of drug-likeness (QED) is 0.425. The number of nitrogens with one attached hydrogen (secondary N) is 1. The number of amides is 1. The number of ether oxygens (including phenoxy) is 1. The average molecular weight is 433 g/mol. The van der Waals surface area contributed by atoms with Crippen LogP contribution in [0.1, 0.15) is 12.1 Å². The smallest absolute Gasteiger partial charge is 0.224 e. The Morgan fingerprint density at radius 2 is 1.69 bits per heavy atom. The van der Waals surface area contributed by atoms with Crippen LogP contribution in [-0.2, 0) is 11.2 Å². The number of carbonyl (C=O) groups is 1. The maximum atomic E-state index is 13.9.